The molecular weight excluding hydrogens is 276 g/mol. The summed E-state index contributed by atoms with van der Waals surface area (Å²) < 4.78 is 0. The first-order valence-electron chi connectivity index (χ1n) is 6.89. The first-order valence-corrected chi connectivity index (χ1v) is 7.77. The molecule has 2 rings (SSSR count). The van der Waals surface area contributed by atoms with Gasteiger partial charge in [-0.2, -0.15) is 0 Å². The second-order valence-electron chi connectivity index (χ2n) is 5.24. The number of nitrogens with one attached hydrogen (secondary N) is 2. The third kappa shape index (κ3) is 3.96. The Morgan fingerprint density at radius 1 is 1.35 bits per heavy atom. The van der Waals surface area contributed by atoms with Crippen molar-refractivity contribution in [2.75, 3.05) is 0 Å². The molecular formula is C14H20N2O3S. The summed E-state index contributed by atoms with van der Waals surface area (Å²) in [5.74, 6) is -0.972. The minimum atomic E-state index is -0.723. The number of carbonyl (C=O) groups is 2. The fourth-order valence-electron chi connectivity index (χ4n) is 2.52. The van der Waals surface area contributed by atoms with Crippen molar-refractivity contribution in [3.63, 3.8) is 0 Å². The van der Waals surface area contributed by atoms with Gasteiger partial charge in [-0.1, -0.05) is 6.07 Å². The maximum atomic E-state index is 11.9. The molecule has 1 heterocycles. The summed E-state index contributed by atoms with van der Waals surface area (Å²) in [4.78, 5) is 23.9. The van der Waals surface area contributed by atoms with Crippen LogP contribution in [-0.4, -0.2) is 23.1 Å². The van der Waals surface area contributed by atoms with Crippen LogP contribution in [0.4, 0.5) is 4.79 Å². The van der Waals surface area contributed by atoms with Gasteiger partial charge in [-0.05, 0) is 44.1 Å². The van der Waals surface area contributed by atoms with Crippen molar-refractivity contribution in [3.05, 3.63) is 22.4 Å². The van der Waals surface area contributed by atoms with Gasteiger partial charge in [0.25, 0.3) is 0 Å². The predicted octanol–water partition coefficient (Wildman–Crippen LogP) is 2.75. The second kappa shape index (κ2) is 6.74. The highest BCUT2D eigenvalue weighted by Crippen LogP contribution is 2.24. The number of hydrogen-bond donors (Lipinski definition) is 3. The van der Waals surface area contributed by atoms with Gasteiger partial charge in [0.15, 0.2) is 0 Å². The number of amides is 2. The van der Waals surface area contributed by atoms with E-state index in [1.807, 2.05) is 24.4 Å². The van der Waals surface area contributed by atoms with Crippen LogP contribution in [0.15, 0.2) is 17.5 Å². The van der Waals surface area contributed by atoms with Gasteiger partial charge in [0.2, 0.25) is 0 Å². The number of thiophene rings is 1. The highest BCUT2D eigenvalue weighted by molar-refractivity contribution is 7.10. The van der Waals surface area contributed by atoms with Gasteiger partial charge >= 0.3 is 12.0 Å². The van der Waals surface area contributed by atoms with E-state index in [4.69, 9.17) is 5.11 Å². The van der Waals surface area contributed by atoms with Crippen LogP contribution in [0, 0.1) is 5.92 Å². The van der Waals surface area contributed by atoms with E-state index in [1.54, 1.807) is 11.3 Å². The first kappa shape index (κ1) is 14.8. The van der Waals surface area contributed by atoms with E-state index in [-0.39, 0.29) is 24.0 Å². The number of carboxylic acid groups (broad SMARTS) is 1. The van der Waals surface area contributed by atoms with Crippen LogP contribution in [0.2, 0.25) is 0 Å². The Morgan fingerprint density at radius 2 is 2.05 bits per heavy atom. The van der Waals surface area contributed by atoms with Crippen molar-refractivity contribution < 1.29 is 14.7 Å². The van der Waals surface area contributed by atoms with Gasteiger partial charge in [-0.15, -0.1) is 11.3 Å². The SMILES string of the molecule is CC(NC(=O)NC1CCC(C(=O)O)CC1)c1cccs1. The molecule has 20 heavy (non-hydrogen) atoms. The van der Waals surface area contributed by atoms with E-state index in [2.05, 4.69) is 10.6 Å². The highest BCUT2D eigenvalue weighted by Gasteiger charge is 2.26. The van der Waals surface area contributed by atoms with Gasteiger partial charge in [0, 0.05) is 10.9 Å². The quantitative estimate of drug-likeness (QED) is 0.799. The third-order valence-electron chi connectivity index (χ3n) is 3.73. The lowest BCUT2D eigenvalue weighted by Gasteiger charge is -2.27. The third-order valence-corrected chi connectivity index (χ3v) is 4.78. The predicted molar refractivity (Wildman–Crippen MR) is 77.8 cm³/mol. The molecule has 0 spiro atoms. The van der Waals surface area contributed by atoms with E-state index in [0.29, 0.717) is 12.8 Å². The normalized spacial score (nSPS) is 23.9. The molecule has 1 fully saturated rings. The average molecular weight is 296 g/mol. The van der Waals surface area contributed by atoms with Crippen molar-refractivity contribution >= 4 is 23.3 Å². The zero-order valence-electron chi connectivity index (χ0n) is 11.5. The van der Waals surface area contributed by atoms with Crippen LogP contribution in [0.5, 0.6) is 0 Å². The van der Waals surface area contributed by atoms with E-state index in [1.165, 1.54) is 0 Å². The Bertz CT molecular complexity index is 453. The average Bonchev–Trinajstić information content (AvgIpc) is 2.93. The fourth-order valence-corrected chi connectivity index (χ4v) is 3.25. The molecule has 0 aromatic carbocycles. The monoisotopic (exact) mass is 296 g/mol. The molecule has 1 unspecified atom stereocenters. The smallest absolute Gasteiger partial charge is 0.315 e. The van der Waals surface area contributed by atoms with Gasteiger partial charge in [-0.3, -0.25) is 4.79 Å². The Labute approximate surface area is 122 Å². The molecule has 1 aromatic rings. The minimum absolute atomic E-state index is 0.00893. The molecule has 0 bridgehead atoms. The maximum absolute atomic E-state index is 11.9. The lowest BCUT2D eigenvalue weighted by atomic mass is 9.86. The molecule has 1 atom stereocenters. The molecule has 0 saturated heterocycles. The molecule has 3 N–H and O–H groups in total. The number of urea groups is 1. The van der Waals surface area contributed by atoms with E-state index in [9.17, 15) is 9.59 Å². The van der Waals surface area contributed by atoms with Crippen molar-refractivity contribution in [1.82, 2.24) is 10.6 Å². The van der Waals surface area contributed by atoms with E-state index >= 15 is 0 Å². The van der Waals surface area contributed by atoms with Crippen molar-refractivity contribution in [2.24, 2.45) is 5.92 Å². The zero-order valence-corrected chi connectivity index (χ0v) is 12.3. The zero-order chi connectivity index (χ0) is 14.5. The molecule has 1 aliphatic carbocycles. The molecule has 1 saturated carbocycles. The van der Waals surface area contributed by atoms with Gasteiger partial charge < -0.3 is 15.7 Å². The first-order chi connectivity index (χ1) is 9.56. The highest BCUT2D eigenvalue weighted by atomic mass is 32.1. The van der Waals surface area contributed by atoms with Crippen molar-refractivity contribution in [2.45, 2.75) is 44.7 Å². The lowest BCUT2D eigenvalue weighted by Crippen LogP contribution is -2.44. The maximum Gasteiger partial charge on any atom is 0.315 e. The van der Waals surface area contributed by atoms with Crippen LogP contribution < -0.4 is 10.6 Å². The van der Waals surface area contributed by atoms with Gasteiger partial charge in [0.05, 0.1) is 12.0 Å². The number of carboxylic acids is 1. The summed E-state index contributed by atoms with van der Waals surface area (Å²) in [5.41, 5.74) is 0. The molecule has 0 aliphatic heterocycles. The standard InChI is InChI=1S/C14H20N2O3S/c1-9(12-3-2-8-20-12)15-14(19)16-11-6-4-10(5-7-11)13(17)18/h2-3,8-11H,4-7H2,1H3,(H,17,18)(H2,15,16,19). The van der Waals surface area contributed by atoms with Crippen LogP contribution >= 0.6 is 11.3 Å². The molecule has 1 aliphatic rings. The molecule has 1 aromatic heterocycles. The fraction of sp³-hybridized carbons (Fsp3) is 0.571. The van der Waals surface area contributed by atoms with Crippen molar-refractivity contribution in [3.8, 4) is 0 Å². The Kier molecular flexibility index (Phi) is 5.00. The number of hydrogen-bond acceptors (Lipinski definition) is 3. The summed E-state index contributed by atoms with van der Waals surface area (Å²) in [7, 11) is 0. The van der Waals surface area contributed by atoms with Crippen LogP contribution in [0.25, 0.3) is 0 Å². The molecule has 2 amide bonds. The number of carbonyl (C=O) groups excluding carboxylic acids is 1. The summed E-state index contributed by atoms with van der Waals surface area (Å²) in [6, 6.07) is 3.85. The Hall–Kier alpha value is -1.56. The summed E-state index contributed by atoms with van der Waals surface area (Å²) in [5, 5.41) is 16.8. The molecule has 6 heteroatoms. The summed E-state index contributed by atoms with van der Waals surface area (Å²) in [6.45, 7) is 1.95. The minimum Gasteiger partial charge on any atom is -0.481 e. The Morgan fingerprint density at radius 3 is 2.60 bits per heavy atom. The summed E-state index contributed by atoms with van der Waals surface area (Å²) in [6.07, 6.45) is 2.75. The largest absolute Gasteiger partial charge is 0.481 e. The van der Waals surface area contributed by atoms with Crippen LogP contribution in [0.1, 0.15) is 43.5 Å². The molecule has 5 nitrogen and oxygen atoms in total. The van der Waals surface area contributed by atoms with Crippen LogP contribution in [0.3, 0.4) is 0 Å². The number of rotatable bonds is 4. The van der Waals surface area contributed by atoms with E-state index in [0.717, 1.165) is 17.7 Å². The van der Waals surface area contributed by atoms with Gasteiger partial charge in [-0.25, -0.2) is 4.79 Å². The Balaban J connectivity index is 1.74. The van der Waals surface area contributed by atoms with E-state index < -0.39 is 5.97 Å². The molecule has 0 radical (unpaired) electrons. The topological polar surface area (TPSA) is 78.4 Å². The van der Waals surface area contributed by atoms with Crippen LogP contribution in [-0.2, 0) is 4.79 Å². The lowest BCUT2D eigenvalue weighted by molar-refractivity contribution is -0.142. The van der Waals surface area contributed by atoms with Gasteiger partial charge in [0.1, 0.15) is 0 Å². The van der Waals surface area contributed by atoms with Crippen molar-refractivity contribution in [1.29, 1.82) is 0 Å². The summed E-state index contributed by atoms with van der Waals surface area (Å²) >= 11 is 1.61. The number of aliphatic carboxylic acids is 1. The second-order valence-corrected chi connectivity index (χ2v) is 6.22. The molecule has 110 valence electrons.